The molecule has 21 heavy (non-hydrogen) atoms. The van der Waals surface area contributed by atoms with Crippen LogP contribution in [0.25, 0.3) is 10.9 Å². The van der Waals surface area contributed by atoms with Crippen molar-refractivity contribution in [1.82, 2.24) is 9.47 Å². The van der Waals surface area contributed by atoms with E-state index in [2.05, 4.69) is 29.0 Å². The molecule has 3 rings (SSSR count). The molecule has 1 aromatic carbocycles. The van der Waals surface area contributed by atoms with Crippen LogP contribution in [0.5, 0.6) is 0 Å². The van der Waals surface area contributed by atoms with Crippen LogP contribution in [-0.2, 0) is 18.3 Å². The molecule has 2 aromatic rings. The predicted octanol–water partition coefficient (Wildman–Crippen LogP) is 2.63. The first kappa shape index (κ1) is 13.7. The maximum absolute atomic E-state index is 12.3. The van der Waals surface area contributed by atoms with Crippen molar-refractivity contribution < 1.29 is 4.79 Å². The number of likely N-dealkylation sites (tertiary alicyclic amines) is 1. The Morgan fingerprint density at radius 3 is 3.05 bits per heavy atom. The molecule has 1 aliphatic heterocycles. The van der Waals surface area contributed by atoms with Gasteiger partial charge in [0.25, 0.3) is 0 Å². The van der Waals surface area contributed by atoms with E-state index in [0.29, 0.717) is 6.42 Å². The van der Waals surface area contributed by atoms with Crippen LogP contribution in [0.15, 0.2) is 30.5 Å². The van der Waals surface area contributed by atoms with Gasteiger partial charge < -0.3 is 9.47 Å². The van der Waals surface area contributed by atoms with Crippen molar-refractivity contribution in [3.05, 3.63) is 36.0 Å². The summed E-state index contributed by atoms with van der Waals surface area (Å²) in [5.41, 5.74) is 2.39. The van der Waals surface area contributed by atoms with E-state index in [-0.39, 0.29) is 11.9 Å². The highest BCUT2D eigenvalue weighted by Gasteiger charge is 2.28. The SMILES string of the molecule is Cn1cc(CCC(=O)N2CCC[C@H]2C#N)c2ccccc21. The maximum atomic E-state index is 12.3. The van der Waals surface area contributed by atoms with Crippen molar-refractivity contribution in [3.8, 4) is 6.07 Å². The second-order valence-corrected chi connectivity index (χ2v) is 5.66. The van der Waals surface area contributed by atoms with Crippen molar-refractivity contribution in [2.75, 3.05) is 6.54 Å². The number of nitriles is 1. The van der Waals surface area contributed by atoms with Crippen LogP contribution in [0, 0.1) is 11.3 Å². The summed E-state index contributed by atoms with van der Waals surface area (Å²) in [4.78, 5) is 14.0. The van der Waals surface area contributed by atoms with E-state index < -0.39 is 0 Å². The van der Waals surface area contributed by atoms with Gasteiger partial charge in [0.05, 0.1) is 6.07 Å². The van der Waals surface area contributed by atoms with Crippen molar-refractivity contribution >= 4 is 16.8 Å². The molecule has 0 unspecified atom stereocenters. The number of carbonyl (C=O) groups is 1. The Hall–Kier alpha value is -2.28. The van der Waals surface area contributed by atoms with Gasteiger partial charge in [-0.3, -0.25) is 4.79 Å². The van der Waals surface area contributed by atoms with Gasteiger partial charge in [-0.15, -0.1) is 0 Å². The number of benzene rings is 1. The maximum Gasteiger partial charge on any atom is 0.223 e. The summed E-state index contributed by atoms with van der Waals surface area (Å²) in [6.07, 6.45) is 5.07. The average molecular weight is 281 g/mol. The molecule has 1 amide bonds. The molecule has 1 aliphatic rings. The fourth-order valence-electron chi connectivity index (χ4n) is 3.21. The number of hydrogen-bond acceptors (Lipinski definition) is 2. The Morgan fingerprint density at radius 1 is 1.43 bits per heavy atom. The molecule has 108 valence electrons. The first-order valence-corrected chi connectivity index (χ1v) is 7.42. The van der Waals surface area contributed by atoms with Gasteiger partial charge in [0.1, 0.15) is 6.04 Å². The minimum absolute atomic E-state index is 0.104. The quantitative estimate of drug-likeness (QED) is 0.868. The second-order valence-electron chi connectivity index (χ2n) is 5.66. The number of carbonyl (C=O) groups excluding carboxylic acids is 1. The van der Waals surface area contributed by atoms with Gasteiger partial charge in [0, 0.05) is 37.1 Å². The first-order chi connectivity index (χ1) is 10.2. The zero-order valence-corrected chi connectivity index (χ0v) is 12.2. The molecular formula is C17H19N3O. The number of fused-ring (bicyclic) bond motifs is 1. The summed E-state index contributed by atoms with van der Waals surface area (Å²) in [6, 6.07) is 10.3. The Balaban J connectivity index is 1.72. The number of aryl methyl sites for hydroxylation is 2. The standard InChI is InChI=1S/C17H19N3O/c1-19-12-13(15-6-2-3-7-16(15)19)8-9-17(21)20-10-4-5-14(20)11-18/h2-3,6-7,12,14H,4-5,8-10H2,1H3/t14-/m0/s1. The average Bonchev–Trinajstić information content (AvgIpc) is 3.10. The topological polar surface area (TPSA) is 49.0 Å². The molecule has 1 atom stereocenters. The van der Waals surface area contributed by atoms with Crippen LogP contribution in [0.4, 0.5) is 0 Å². The minimum atomic E-state index is -0.218. The molecule has 1 saturated heterocycles. The lowest BCUT2D eigenvalue weighted by atomic mass is 10.1. The lowest BCUT2D eigenvalue weighted by molar-refractivity contribution is -0.131. The first-order valence-electron chi connectivity index (χ1n) is 7.42. The summed E-state index contributed by atoms with van der Waals surface area (Å²) in [5, 5.41) is 10.3. The number of rotatable bonds is 3. The van der Waals surface area contributed by atoms with E-state index in [1.54, 1.807) is 4.90 Å². The van der Waals surface area contributed by atoms with Crippen molar-refractivity contribution in [3.63, 3.8) is 0 Å². The molecule has 0 bridgehead atoms. The van der Waals surface area contributed by atoms with E-state index >= 15 is 0 Å². The fraction of sp³-hybridized carbons (Fsp3) is 0.412. The van der Waals surface area contributed by atoms with Crippen molar-refractivity contribution in [2.24, 2.45) is 7.05 Å². The van der Waals surface area contributed by atoms with Gasteiger partial charge in [-0.25, -0.2) is 0 Å². The summed E-state index contributed by atoms with van der Waals surface area (Å²) in [5.74, 6) is 0.104. The third kappa shape index (κ3) is 2.52. The molecule has 4 nitrogen and oxygen atoms in total. The third-order valence-corrected chi connectivity index (χ3v) is 4.31. The van der Waals surface area contributed by atoms with E-state index in [4.69, 9.17) is 5.26 Å². The van der Waals surface area contributed by atoms with E-state index in [0.717, 1.165) is 25.8 Å². The normalized spacial score (nSPS) is 18.1. The van der Waals surface area contributed by atoms with E-state index in [1.807, 2.05) is 19.2 Å². The third-order valence-electron chi connectivity index (χ3n) is 4.31. The van der Waals surface area contributed by atoms with Crippen LogP contribution in [-0.4, -0.2) is 28.0 Å². The van der Waals surface area contributed by atoms with Crippen LogP contribution in [0.3, 0.4) is 0 Å². The van der Waals surface area contributed by atoms with E-state index in [1.165, 1.54) is 16.5 Å². The van der Waals surface area contributed by atoms with Gasteiger partial charge in [0.2, 0.25) is 5.91 Å². The molecule has 0 N–H and O–H groups in total. The Labute approximate surface area is 124 Å². The Bertz CT molecular complexity index is 710. The summed E-state index contributed by atoms with van der Waals surface area (Å²) >= 11 is 0. The van der Waals surface area contributed by atoms with Crippen LogP contribution >= 0.6 is 0 Å². The van der Waals surface area contributed by atoms with Crippen LogP contribution in [0.1, 0.15) is 24.8 Å². The number of para-hydroxylation sites is 1. The summed E-state index contributed by atoms with van der Waals surface area (Å²) < 4.78 is 2.10. The predicted molar refractivity (Wildman–Crippen MR) is 81.6 cm³/mol. The van der Waals surface area contributed by atoms with Gasteiger partial charge in [-0.1, -0.05) is 18.2 Å². The number of hydrogen-bond donors (Lipinski definition) is 0. The number of aromatic nitrogens is 1. The van der Waals surface area contributed by atoms with Crippen molar-refractivity contribution in [1.29, 1.82) is 5.26 Å². The number of amides is 1. The lowest BCUT2D eigenvalue weighted by Gasteiger charge is -2.19. The minimum Gasteiger partial charge on any atom is -0.350 e. The largest absolute Gasteiger partial charge is 0.350 e. The molecule has 1 aromatic heterocycles. The highest BCUT2D eigenvalue weighted by molar-refractivity contribution is 5.85. The molecule has 2 heterocycles. The van der Waals surface area contributed by atoms with Gasteiger partial charge in [-0.2, -0.15) is 5.26 Å². The lowest BCUT2D eigenvalue weighted by Crippen LogP contribution is -2.34. The molecule has 0 spiro atoms. The highest BCUT2D eigenvalue weighted by atomic mass is 16.2. The van der Waals surface area contributed by atoms with Crippen LogP contribution in [0.2, 0.25) is 0 Å². The number of nitrogens with zero attached hydrogens (tertiary/aromatic N) is 3. The zero-order valence-electron chi connectivity index (χ0n) is 12.2. The molecule has 0 aliphatic carbocycles. The van der Waals surface area contributed by atoms with Crippen molar-refractivity contribution in [2.45, 2.75) is 31.7 Å². The monoisotopic (exact) mass is 281 g/mol. The second kappa shape index (κ2) is 5.61. The van der Waals surface area contributed by atoms with Gasteiger partial charge in [-0.05, 0) is 30.9 Å². The van der Waals surface area contributed by atoms with Gasteiger partial charge >= 0.3 is 0 Å². The summed E-state index contributed by atoms with van der Waals surface area (Å²) in [7, 11) is 2.03. The highest BCUT2D eigenvalue weighted by Crippen LogP contribution is 2.23. The molecule has 4 heteroatoms. The molecule has 0 radical (unpaired) electrons. The molecule has 0 saturated carbocycles. The van der Waals surface area contributed by atoms with Gasteiger partial charge in [0.15, 0.2) is 0 Å². The Kier molecular flexibility index (Phi) is 3.66. The Morgan fingerprint density at radius 2 is 2.24 bits per heavy atom. The fourth-order valence-corrected chi connectivity index (χ4v) is 3.21. The molecule has 1 fully saturated rings. The van der Waals surface area contributed by atoms with E-state index in [9.17, 15) is 4.79 Å². The molecular weight excluding hydrogens is 262 g/mol. The smallest absolute Gasteiger partial charge is 0.223 e. The van der Waals surface area contributed by atoms with Crippen LogP contribution < -0.4 is 0 Å². The zero-order chi connectivity index (χ0) is 14.8. The summed E-state index contributed by atoms with van der Waals surface area (Å²) in [6.45, 7) is 0.729.